The van der Waals surface area contributed by atoms with E-state index in [9.17, 15) is 9.59 Å². The van der Waals surface area contributed by atoms with Crippen LogP contribution in [-0.2, 0) is 16.1 Å². The van der Waals surface area contributed by atoms with Crippen molar-refractivity contribution in [2.24, 2.45) is 5.41 Å². The number of halogens is 1. The van der Waals surface area contributed by atoms with Gasteiger partial charge in [-0.2, -0.15) is 0 Å². The molecule has 1 heterocycles. The number of hydrogen-bond donors (Lipinski definition) is 2. The van der Waals surface area contributed by atoms with Crippen LogP contribution in [0.5, 0.6) is 0 Å². The Morgan fingerprint density at radius 3 is 2.65 bits per heavy atom. The lowest BCUT2D eigenvalue weighted by atomic mass is 10.0. The van der Waals surface area contributed by atoms with Crippen LogP contribution in [0, 0.1) is 12.3 Å². The first-order valence-electron chi connectivity index (χ1n) is 7.39. The van der Waals surface area contributed by atoms with Gasteiger partial charge in [-0.15, -0.1) is 0 Å². The van der Waals surface area contributed by atoms with Gasteiger partial charge in [0.05, 0.1) is 12.8 Å². The maximum atomic E-state index is 12.5. The summed E-state index contributed by atoms with van der Waals surface area (Å²) < 4.78 is 6.16. The van der Waals surface area contributed by atoms with Gasteiger partial charge < -0.3 is 15.1 Å². The van der Waals surface area contributed by atoms with Crippen LogP contribution in [0.1, 0.15) is 24.2 Å². The Labute approximate surface area is 142 Å². The number of rotatable bonds is 5. The monoisotopic (exact) mass is 376 g/mol. The number of aryl methyl sites for hydroxylation is 1. The molecule has 0 atom stereocenters. The quantitative estimate of drug-likeness (QED) is 0.785. The molecule has 1 aliphatic rings. The summed E-state index contributed by atoms with van der Waals surface area (Å²) in [7, 11) is 0. The van der Waals surface area contributed by atoms with Gasteiger partial charge in [-0.05, 0) is 55.7 Å². The first-order chi connectivity index (χ1) is 11.0. The Morgan fingerprint density at radius 2 is 2.04 bits per heavy atom. The fourth-order valence-electron chi connectivity index (χ4n) is 2.41. The van der Waals surface area contributed by atoms with Gasteiger partial charge in [0.2, 0.25) is 11.8 Å². The molecule has 6 heteroatoms. The molecule has 0 unspecified atom stereocenters. The molecule has 2 N–H and O–H groups in total. The minimum atomic E-state index is -0.951. The zero-order chi connectivity index (χ0) is 16.4. The molecule has 120 valence electrons. The molecule has 1 fully saturated rings. The third-order valence-corrected chi connectivity index (χ3v) is 4.93. The van der Waals surface area contributed by atoms with Crippen molar-refractivity contribution < 1.29 is 14.0 Å². The van der Waals surface area contributed by atoms with Gasteiger partial charge >= 0.3 is 0 Å². The van der Waals surface area contributed by atoms with E-state index in [0.29, 0.717) is 24.3 Å². The van der Waals surface area contributed by atoms with Crippen LogP contribution in [0.4, 0.5) is 5.69 Å². The molecule has 0 spiro atoms. The Kier molecular flexibility index (Phi) is 4.26. The van der Waals surface area contributed by atoms with Crippen molar-refractivity contribution >= 4 is 33.4 Å². The summed E-state index contributed by atoms with van der Waals surface area (Å²) in [4.78, 5) is 24.8. The molecule has 0 radical (unpaired) electrons. The minimum absolute atomic E-state index is 0.250. The average molecular weight is 377 g/mol. The van der Waals surface area contributed by atoms with E-state index in [1.54, 1.807) is 18.4 Å². The summed E-state index contributed by atoms with van der Waals surface area (Å²) in [5, 5.41) is 5.62. The van der Waals surface area contributed by atoms with Crippen LogP contribution in [0.15, 0.2) is 45.5 Å². The zero-order valence-corrected chi connectivity index (χ0v) is 14.3. The van der Waals surface area contributed by atoms with E-state index < -0.39 is 5.41 Å². The predicted octanol–water partition coefficient (Wildman–Crippen LogP) is 3.39. The molecule has 0 aliphatic heterocycles. The van der Waals surface area contributed by atoms with Crippen LogP contribution in [0.25, 0.3) is 0 Å². The normalized spacial score (nSPS) is 15.0. The molecular weight excluding hydrogens is 360 g/mol. The highest BCUT2D eigenvalue weighted by atomic mass is 79.9. The van der Waals surface area contributed by atoms with Gasteiger partial charge in [-0.3, -0.25) is 9.59 Å². The van der Waals surface area contributed by atoms with E-state index in [0.717, 1.165) is 10.0 Å². The van der Waals surface area contributed by atoms with E-state index in [1.807, 2.05) is 25.1 Å². The largest absolute Gasteiger partial charge is 0.467 e. The summed E-state index contributed by atoms with van der Waals surface area (Å²) >= 11 is 3.42. The lowest BCUT2D eigenvalue weighted by Gasteiger charge is -2.15. The number of furan rings is 1. The number of carbonyl (C=O) groups excluding carboxylic acids is 2. The van der Waals surface area contributed by atoms with Gasteiger partial charge in [0.15, 0.2) is 0 Å². The molecule has 0 saturated heterocycles. The first-order valence-corrected chi connectivity index (χ1v) is 8.19. The number of carbonyl (C=O) groups is 2. The fraction of sp³-hybridized carbons (Fsp3) is 0.294. The van der Waals surface area contributed by atoms with Crippen molar-refractivity contribution in [2.75, 3.05) is 5.32 Å². The van der Waals surface area contributed by atoms with Crippen molar-refractivity contribution in [3.05, 3.63) is 52.4 Å². The SMILES string of the molecule is Cc1cc(NC(=O)C2(C(=O)NCc3ccco3)CC2)ccc1Br. The highest BCUT2D eigenvalue weighted by Gasteiger charge is 2.56. The number of benzene rings is 1. The van der Waals surface area contributed by atoms with E-state index in [2.05, 4.69) is 26.6 Å². The summed E-state index contributed by atoms with van der Waals surface area (Å²) in [6, 6.07) is 9.10. The molecule has 1 aliphatic carbocycles. The predicted molar refractivity (Wildman–Crippen MR) is 89.7 cm³/mol. The van der Waals surface area contributed by atoms with Gasteiger partial charge in [0.1, 0.15) is 11.2 Å². The van der Waals surface area contributed by atoms with Crippen LogP contribution in [-0.4, -0.2) is 11.8 Å². The minimum Gasteiger partial charge on any atom is -0.467 e. The van der Waals surface area contributed by atoms with Crippen molar-refractivity contribution in [1.29, 1.82) is 0 Å². The molecule has 2 amide bonds. The van der Waals surface area contributed by atoms with Crippen molar-refractivity contribution in [2.45, 2.75) is 26.3 Å². The average Bonchev–Trinajstić information content (AvgIpc) is 3.18. The second-order valence-corrected chi connectivity index (χ2v) is 6.62. The Morgan fingerprint density at radius 1 is 1.26 bits per heavy atom. The molecule has 1 aromatic carbocycles. The summed E-state index contributed by atoms with van der Waals surface area (Å²) in [6.45, 7) is 2.24. The van der Waals surface area contributed by atoms with E-state index in [1.165, 1.54) is 0 Å². The third-order valence-electron chi connectivity index (χ3n) is 4.04. The van der Waals surface area contributed by atoms with E-state index in [-0.39, 0.29) is 18.4 Å². The number of nitrogens with one attached hydrogen (secondary N) is 2. The molecular formula is C17H17BrN2O3. The topological polar surface area (TPSA) is 71.3 Å². The highest BCUT2D eigenvalue weighted by molar-refractivity contribution is 9.10. The summed E-state index contributed by atoms with van der Waals surface area (Å²) in [5.41, 5.74) is 0.767. The maximum absolute atomic E-state index is 12.5. The highest BCUT2D eigenvalue weighted by Crippen LogP contribution is 2.47. The van der Waals surface area contributed by atoms with Gasteiger partial charge in [-0.1, -0.05) is 15.9 Å². The van der Waals surface area contributed by atoms with Crippen molar-refractivity contribution in [1.82, 2.24) is 5.32 Å². The van der Waals surface area contributed by atoms with Crippen LogP contribution < -0.4 is 10.6 Å². The second kappa shape index (κ2) is 6.20. The summed E-state index contributed by atoms with van der Waals surface area (Å²) in [6.07, 6.45) is 2.69. The third kappa shape index (κ3) is 3.32. The smallest absolute Gasteiger partial charge is 0.240 e. The standard InChI is InChI=1S/C17H17BrN2O3/c1-11-9-12(4-5-14(11)18)20-16(22)17(6-7-17)15(21)19-10-13-3-2-8-23-13/h2-5,8-9H,6-7,10H2,1H3,(H,19,21)(H,20,22). The van der Waals surface area contributed by atoms with Crippen LogP contribution in [0.3, 0.4) is 0 Å². The van der Waals surface area contributed by atoms with E-state index >= 15 is 0 Å². The maximum Gasteiger partial charge on any atom is 0.240 e. The molecule has 5 nitrogen and oxygen atoms in total. The lowest BCUT2D eigenvalue weighted by molar-refractivity contribution is -0.134. The second-order valence-electron chi connectivity index (χ2n) is 5.76. The molecule has 0 bridgehead atoms. The van der Waals surface area contributed by atoms with Crippen molar-refractivity contribution in [3.63, 3.8) is 0 Å². The zero-order valence-electron chi connectivity index (χ0n) is 12.7. The number of hydrogen-bond acceptors (Lipinski definition) is 3. The Bertz CT molecular complexity index is 736. The molecule has 23 heavy (non-hydrogen) atoms. The fourth-order valence-corrected chi connectivity index (χ4v) is 2.65. The van der Waals surface area contributed by atoms with Crippen LogP contribution in [0.2, 0.25) is 0 Å². The Balaban J connectivity index is 1.63. The van der Waals surface area contributed by atoms with Gasteiger partial charge in [-0.25, -0.2) is 0 Å². The molecule has 1 aromatic heterocycles. The van der Waals surface area contributed by atoms with E-state index in [4.69, 9.17) is 4.42 Å². The molecule has 3 rings (SSSR count). The molecule has 2 aromatic rings. The lowest BCUT2D eigenvalue weighted by Crippen LogP contribution is -2.39. The Hall–Kier alpha value is -2.08. The van der Waals surface area contributed by atoms with Crippen LogP contribution >= 0.6 is 15.9 Å². The van der Waals surface area contributed by atoms with Crippen molar-refractivity contribution in [3.8, 4) is 0 Å². The first kappa shape index (κ1) is 15.8. The number of anilines is 1. The molecule has 1 saturated carbocycles. The summed E-state index contributed by atoms with van der Waals surface area (Å²) in [5.74, 6) is 0.162. The van der Waals surface area contributed by atoms with Gasteiger partial charge in [0, 0.05) is 10.2 Å². The number of amides is 2. The van der Waals surface area contributed by atoms with Gasteiger partial charge in [0.25, 0.3) is 0 Å².